The number of thiazole rings is 1. The van der Waals surface area contributed by atoms with Crippen LogP contribution in [0.5, 0.6) is 0 Å². The molecule has 0 aliphatic carbocycles. The Bertz CT molecular complexity index is 1290. The van der Waals surface area contributed by atoms with Crippen LogP contribution in [0.2, 0.25) is 0 Å². The average molecular weight is 457 g/mol. The molecule has 0 aliphatic heterocycles. The Morgan fingerprint density at radius 3 is 2.47 bits per heavy atom. The predicted molar refractivity (Wildman–Crippen MR) is 122 cm³/mol. The zero-order chi connectivity index (χ0) is 23.6. The lowest BCUT2D eigenvalue weighted by Crippen LogP contribution is -2.43. The van der Waals surface area contributed by atoms with Crippen molar-refractivity contribution in [3.8, 4) is 10.6 Å². The van der Waals surface area contributed by atoms with Crippen molar-refractivity contribution in [2.75, 3.05) is 12.3 Å². The van der Waals surface area contributed by atoms with E-state index in [0.29, 0.717) is 10.7 Å². The second-order valence-electron chi connectivity index (χ2n) is 7.71. The fraction of sp³-hybridized carbons (Fsp3) is 0.318. The molecule has 168 valence electrons. The Labute approximate surface area is 188 Å². The van der Waals surface area contributed by atoms with Gasteiger partial charge in [-0.3, -0.25) is 18.7 Å². The molecule has 0 spiro atoms. The fourth-order valence-electron chi connectivity index (χ4n) is 3.15. The number of rotatable bonds is 7. The molecule has 3 aromatic rings. The van der Waals surface area contributed by atoms with E-state index >= 15 is 0 Å². The highest BCUT2D eigenvalue weighted by atomic mass is 32.1. The molecule has 2 heterocycles. The zero-order valence-corrected chi connectivity index (χ0v) is 19.1. The second-order valence-corrected chi connectivity index (χ2v) is 8.71. The van der Waals surface area contributed by atoms with Crippen molar-refractivity contribution < 1.29 is 14.3 Å². The van der Waals surface area contributed by atoms with Crippen LogP contribution in [-0.4, -0.2) is 32.5 Å². The van der Waals surface area contributed by atoms with Crippen molar-refractivity contribution >= 4 is 28.9 Å². The first kappa shape index (κ1) is 23.1. The van der Waals surface area contributed by atoms with Crippen LogP contribution in [0.15, 0.2) is 39.9 Å². The zero-order valence-electron chi connectivity index (χ0n) is 18.2. The van der Waals surface area contributed by atoms with E-state index in [1.54, 1.807) is 6.92 Å². The molecule has 0 fully saturated rings. The van der Waals surface area contributed by atoms with E-state index in [9.17, 15) is 19.2 Å². The standard InChI is InChI=1S/C22H24N4O5S/c1-12(2)10-26-18(23)16(20(28)25(4)22(26)30)15(27)11-31-21(29)17-13(3)24-19(32-17)14-8-6-5-7-9-14/h5-9,12H,10-11,23H2,1-4H3. The van der Waals surface area contributed by atoms with E-state index in [1.165, 1.54) is 11.6 Å². The number of hydrogen-bond acceptors (Lipinski definition) is 8. The number of nitrogens with zero attached hydrogens (tertiary/aromatic N) is 3. The van der Waals surface area contributed by atoms with E-state index in [-0.39, 0.29) is 28.7 Å². The number of esters is 1. The third-order valence-electron chi connectivity index (χ3n) is 4.75. The summed E-state index contributed by atoms with van der Waals surface area (Å²) in [4.78, 5) is 54.9. The highest BCUT2D eigenvalue weighted by molar-refractivity contribution is 7.17. The molecule has 2 aromatic heterocycles. The van der Waals surface area contributed by atoms with Crippen LogP contribution in [0.4, 0.5) is 5.82 Å². The van der Waals surface area contributed by atoms with Gasteiger partial charge >= 0.3 is 11.7 Å². The van der Waals surface area contributed by atoms with E-state index in [1.807, 2.05) is 44.2 Å². The first-order valence-corrected chi connectivity index (χ1v) is 10.8. The summed E-state index contributed by atoms with van der Waals surface area (Å²) in [5.74, 6) is -1.67. The Kier molecular flexibility index (Phi) is 6.73. The van der Waals surface area contributed by atoms with E-state index in [0.717, 1.165) is 21.5 Å². The Balaban J connectivity index is 1.83. The number of nitrogen functional groups attached to an aromatic ring is 1. The number of aromatic nitrogens is 3. The highest BCUT2D eigenvalue weighted by Gasteiger charge is 2.24. The van der Waals surface area contributed by atoms with Gasteiger partial charge in [0.25, 0.3) is 5.56 Å². The first-order valence-electron chi connectivity index (χ1n) is 9.94. The van der Waals surface area contributed by atoms with Gasteiger partial charge in [0, 0.05) is 19.2 Å². The van der Waals surface area contributed by atoms with Gasteiger partial charge < -0.3 is 10.5 Å². The average Bonchev–Trinajstić information content (AvgIpc) is 3.16. The first-order chi connectivity index (χ1) is 15.1. The van der Waals surface area contributed by atoms with Crippen LogP contribution in [0.3, 0.4) is 0 Å². The number of nitrogens with two attached hydrogens (primary N) is 1. The van der Waals surface area contributed by atoms with Crippen LogP contribution in [0, 0.1) is 12.8 Å². The minimum Gasteiger partial charge on any atom is -0.453 e. The third-order valence-corrected chi connectivity index (χ3v) is 5.93. The molecular weight excluding hydrogens is 432 g/mol. The number of ether oxygens (including phenoxy) is 1. The summed E-state index contributed by atoms with van der Waals surface area (Å²) in [6.45, 7) is 4.98. The fourth-order valence-corrected chi connectivity index (χ4v) is 4.11. The molecule has 0 saturated carbocycles. The molecule has 0 amide bonds. The van der Waals surface area contributed by atoms with Gasteiger partial charge in [-0.25, -0.2) is 14.6 Å². The summed E-state index contributed by atoms with van der Waals surface area (Å²) in [7, 11) is 1.27. The van der Waals surface area contributed by atoms with Crippen molar-refractivity contribution in [2.24, 2.45) is 13.0 Å². The SMILES string of the molecule is Cc1nc(-c2ccccc2)sc1C(=O)OCC(=O)c1c(N)n(CC(C)C)c(=O)n(C)c1=O. The van der Waals surface area contributed by atoms with Crippen LogP contribution in [0.25, 0.3) is 10.6 Å². The number of benzene rings is 1. The summed E-state index contributed by atoms with van der Waals surface area (Å²) >= 11 is 1.16. The minimum absolute atomic E-state index is 0.0568. The second kappa shape index (κ2) is 9.31. The largest absolute Gasteiger partial charge is 0.453 e. The molecule has 0 aliphatic rings. The molecule has 0 saturated heterocycles. The van der Waals surface area contributed by atoms with E-state index in [4.69, 9.17) is 10.5 Å². The number of hydrogen-bond donors (Lipinski definition) is 1. The third kappa shape index (κ3) is 4.54. The van der Waals surface area contributed by atoms with Gasteiger partial charge in [-0.05, 0) is 12.8 Å². The summed E-state index contributed by atoms with van der Waals surface area (Å²) < 4.78 is 7.17. The topological polar surface area (TPSA) is 126 Å². The van der Waals surface area contributed by atoms with Gasteiger partial charge in [-0.1, -0.05) is 44.2 Å². The number of Topliss-reactive ketones (excluding diaryl/α,β-unsaturated/α-hetero) is 1. The Morgan fingerprint density at radius 2 is 1.84 bits per heavy atom. The molecule has 9 nitrogen and oxygen atoms in total. The van der Waals surface area contributed by atoms with Crippen molar-refractivity contribution in [3.05, 3.63) is 67.3 Å². The molecular formula is C22H24N4O5S. The summed E-state index contributed by atoms with van der Waals surface area (Å²) in [5, 5.41) is 0.653. The number of carbonyl (C=O) groups excluding carboxylic acids is 2. The molecule has 1 aromatic carbocycles. The highest BCUT2D eigenvalue weighted by Crippen LogP contribution is 2.28. The van der Waals surface area contributed by atoms with Gasteiger partial charge in [0.15, 0.2) is 6.61 Å². The summed E-state index contributed by atoms with van der Waals surface area (Å²) in [6, 6.07) is 9.37. The quantitative estimate of drug-likeness (QED) is 0.427. The van der Waals surface area contributed by atoms with Gasteiger partial charge in [-0.15, -0.1) is 11.3 Å². The van der Waals surface area contributed by atoms with Crippen molar-refractivity contribution in [1.29, 1.82) is 0 Å². The molecule has 3 rings (SSSR count). The lowest BCUT2D eigenvalue weighted by Gasteiger charge is -2.16. The Morgan fingerprint density at radius 1 is 1.19 bits per heavy atom. The smallest absolute Gasteiger partial charge is 0.350 e. The van der Waals surface area contributed by atoms with Crippen LogP contribution in [0.1, 0.15) is 39.6 Å². The summed E-state index contributed by atoms with van der Waals surface area (Å²) in [5.41, 5.74) is 5.53. The van der Waals surface area contributed by atoms with Crippen LogP contribution >= 0.6 is 11.3 Å². The Hall–Kier alpha value is -3.53. The van der Waals surface area contributed by atoms with Gasteiger partial charge in [0.05, 0.1) is 5.69 Å². The van der Waals surface area contributed by atoms with Crippen molar-refractivity contribution in [2.45, 2.75) is 27.3 Å². The molecule has 0 bridgehead atoms. The normalized spacial score (nSPS) is 11.0. The molecule has 0 atom stereocenters. The van der Waals surface area contributed by atoms with Crippen LogP contribution < -0.4 is 17.0 Å². The minimum atomic E-state index is -0.825. The number of aryl methyl sites for hydroxylation is 1. The van der Waals surface area contributed by atoms with Gasteiger partial charge in [-0.2, -0.15) is 0 Å². The molecule has 2 N–H and O–H groups in total. The molecule has 32 heavy (non-hydrogen) atoms. The number of ketones is 1. The van der Waals surface area contributed by atoms with Crippen molar-refractivity contribution in [1.82, 2.24) is 14.1 Å². The van der Waals surface area contributed by atoms with Gasteiger partial charge in [0.2, 0.25) is 5.78 Å². The predicted octanol–water partition coefficient (Wildman–Crippen LogP) is 2.26. The maximum absolute atomic E-state index is 12.7. The van der Waals surface area contributed by atoms with Crippen LogP contribution in [-0.2, 0) is 18.3 Å². The molecule has 10 heteroatoms. The molecule has 0 radical (unpaired) electrons. The van der Waals surface area contributed by atoms with E-state index in [2.05, 4.69) is 4.98 Å². The maximum Gasteiger partial charge on any atom is 0.350 e. The number of anilines is 1. The lowest BCUT2D eigenvalue weighted by atomic mass is 10.1. The monoisotopic (exact) mass is 456 g/mol. The molecule has 0 unspecified atom stereocenters. The maximum atomic E-state index is 12.7. The number of carbonyl (C=O) groups is 2. The van der Waals surface area contributed by atoms with Crippen molar-refractivity contribution in [3.63, 3.8) is 0 Å². The lowest BCUT2D eigenvalue weighted by molar-refractivity contribution is 0.0478. The summed E-state index contributed by atoms with van der Waals surface area (Å²) in [6.07, 6.45) is 0. The van der Waals surface area contributed by atoms with Gasteiger partial charge in [0.1, 0.15) is 21.3 Å². The van der Waals surface area contributed by atoms with E-state index < -0.39 is 29.6 Å².